The molecule has 3 N–H and O–H groups in total. The summed E-state index contributed by atoms with van der Waals surface area (Å²) in [6.07, 6.45) is 34.9. The quantitative estimate of drug-likeness (QED) is 0.0283. The molecule has 0 spiro atoms. The van der Waals surface area contributed by atoms with Crippen molar-refractivity contribution in [2.75, 3.05) is 26.4 Å². The van der Waals surface area contributed by atoms with Crippen molar-refractivity contribution in [2.24, 2.45) is 5.73 Å². The van der Waals surface area contributed by atoms with E-state index in [1.165, 1.54) is 64.2 Å². The first-order valence-electron chi connectivity index (χ1n) is 19.3. The predicted octanol–water partition coefficient (Wildman–Crippen LogP) is 10.4. The zero-order chi connectivity index (χ0) is 35.4. The van der Waals surface area contributed by atoms with Gasteiger partial charge in [0.05, 0.1) is 13.2 Å². The van der Waals surface area contributed by atoms with Gasteiger partial charge in [-0.25, -0.2) is 4.57 Å². The number of allylic oxidation sites excluding steroid dienone is 4. The minimum absolute atomic E-state index is 0.0516. The van der Waals surface area contributed by atoms with Gasteiger partial charge in [0.1, 0.15) is 6.61 Å². The van der Waals surface area contributed by atoms with Crippen molar-refractivity contribution in [1.29, 1.82) is 0 Å². The van der Waals surface area contributed by atoms with Crippen LogP contribution < -0.4 is 5.73 Å². The van der Waals surface area contributed by atoms with Crippen molar-refractivity contribution >= 4 is 19.8 Å². The summed E-state index contributed by atoms with van der Waals surface area (Å²) >= 11 is 0. The van der Waals surface area contributed by atoms with Gasteiger partial charge in [0, 0.05) is 19.4 Å². The highest BCUT2D eigenvalue weighted by molar-refractivity contribution is 7.47. The van der Waals surface area contributed by atoms with Crippen molar-refractivity contribution in [3.63, 3.8) is 0 Å². The fourth-order valence-electron chi connectivity index (χ4n) is 5.15. The number of phosphoric ester groups is 1. The van der Waals surface area contributed by atoms with Crippen molar-refractivity contribution in [3.05, 3.63) is 24.3 Å². The van der Waals surface area contributed by atoms with Gasteiger partial charge in [0.15, 0.2) is 6.10 Å². The summed E-state index contributed by atoms with van der Waals surface area (Å²) in [5, 5.41) is 0. The first kappa shape index (κ1) is 46.5. The third-order valence-corrected chi connectivity index (χ3v) is 9.04. The third-order valence-electron chi connectivity index (χ3n) is 8.06. The monoisotopic (exact) mass is 701 g/mol. The summed E-state index contributed by atoms with van der Waals surface area (Å²) in [7, 11) is -4.37. The highest BCUT2D eigenvalue weighted by Gasteiger charge is 2.25. The normalized spacial score (nSPS) is 13.7. The molecule has 2 atom stereocenters. The number of hydrogen-bond donors (Lipinski definition) is 2. The van der Waals surface area contributed by atoms with Crippen LogP contribution in [0.1, 0.15) is 174 Å². The Labute approximate surface area is 293 Å². The molecule has 0 rings (SSSR count). The van der Waals surface area contributed by atoms with Gasteiger partial charge in [-0.1, -0.05) is 122 Å². The summed E-state index contributed by atoms with van der Waals surface area (Å²) in [6.45, 7) is 3.67. The second-order valence-electron chi connectivity index (χ2n) is 12.8. The van der Waals surface area contributed by atoms with Crippen LogP contribution in [0.15, 0.2) is 24.3 Å². The van der Waals surface area contributed by atoms with E-state index in [0.717, 1.165) is 77.0 Å². The molecule has 0 heterocycles. The molecular weight excluding hydrogens is 629 g/mol. The lowest BCUT2D eigenvalue weighted by Crippen LogP contribution is -2.29. The smallest absolute Gasteiger partial charge is 0.462 e. The largest absolute Gasteiger partial charge is 0.472 e. The van der Waals surface area contributed by atoms with E-state index < -0.39 is 32.5 Å². The molecule has 9 nitrogen and oxygen atoms in total. The number of nitrogens with two attached hydrogens (primary N) is 1. The Bertz CT molecular complexity index is 851. The molecule has 0 saturated carbocycles. The van der Waals surface area contributed by atoms with Crippen LogP contribution in [-0.2, 0) is 32.7 Å². The van der Waals surface area contributed by atoms with E-state index >= 15 is 0 Å². The number of carbonyl (C=O) groups excluding carboxylic acids is 2. The van der Waals surface area contributed by atoms with Gasteiger partial charge >= 0.3 is 19.8 Å². The molecule has 0 saturated heterocycles. The van der Waals surface area contributed by atoms with Crippen LogP contribution in [0.2, 0.25) is 0 Å². The van der Waals surface area contributed by atoms with E-state index in [9.17, 15) is 19.0 Å². The Hall–Kier alpha value is -1.51. The Morgan fingerprint density at radius 3 is 1.52 bits per heavy atom. The number of rotatable bonds is 36. The van der Waals surface area contributed by atoms with Gasteiger partial charge in [-0.3, -0.25) is 18.6 Å². The molecule has 0 radical (unpaired) electrons. The van der Waals surface area contributed by atoms with Crippen LogP contribution in [0.3, 0.4) is 0 Å². The maximum absolute atomic E-state index is 12.5. The standard InChI is InChI=1S/C38H72NO8P/c1-3-5-7-9-11-13-15-17-18-19-21-22-24-26-28-30-37(40)44-34-36(35-46-48(42,43)45-33-32-39)47-38(41)31-29-27-25-23-20-16-14-12-10-8-6-4-2/h12,14,17-18,36H,3-11,13,15-16,19-35,39H2,1-2H3,(H,42,43)/b14-12+,18-17+/t36-/m1/s1. The Kier molecular flexibility index (Phi) is 34.2. The molecule has 0 bridgehead atoms. The summed E-state index contributed by atoms with van der Waals surface area (Å²) in [4.78, 5) is 34.7. The van der Waals surface area contributed by atoms with Gasteiger partial charge in [-0.15, -0.1) is 0 Å². The zero-order valence-corrected chi connectivity index (χ0v) is 31.6. The maximum Gasteiger partial charge on any atom is 0.472 e. The van der Waals surface area contributed by atoms with Crippen LogP contribution in [0, 0.1) is 0 Å². The molecule has 48 heavy (non-hydrogen) atoms. The molecule has 0 amide bonds. The van der Waals surface area contributed by atoms with E-state index in [0.29, 0.717) is 6.42 Å². The summed E-state index contributed by atoms with van der Waals surface area (Å²) < 4.78 is 32.6. The van der Waals surface area contributed by atoms with Crippen molar-refractivity contribution in [2.45, 2.75) is 180 Å². The van der Waals surface area contributed by atoms with Gasteiger partial charge < -0.3 is 20.1 Å². The summed E-state index contributed by atoms with van der Waals surface area (Å²) in [5.41, 5.74) is 5.33. The summed E-state index contributed by atoms with van der Waals surface area (Å²) in [6, 6.07) is 0. The molecule has 0 aliphatic heterocycles. The van der Waals surface area contributed by atoms with E-state index in [1.807, 2.05) is 0 Å². The van der Waals surface area contributed by atoms with Crippen molar-refractivity contribution < 1.29 is 37.6 Å². The van der Waals surface area contributed by atoms with Crippen LogP contribution >= 0.6 is 7.82 Å². The van der Waals surface area contributed by atoms with Gasteiger partial charge in [-0.2, -0.15) is 0 Å². The van der Waals surface area contributed by atoms with E-state index in [1.54, 1.807) is 0 Å². The highest BCUT2D eigenvalue weighted by atomic mass is 31.2. The SMILES string of the molecule is CCCCC/C=C/CCCCCCCC(=O)O[C@H](COC(=O)CCCCCCC/C=C/CCCCCCCC)COP(=O)(O)OCCN. The number of hydrogen-bond acceptors (Lipinski definition) is 8. The van der Waals surface area contributed by atoms with E-state index in [4.69, 9.17) is 24.3 Å². The van der Waals surface area contributed by atoms with Gasteiger partial charge in [-0.05, 0) is 64.2 Å². The zero-order valence-electron chi connectivity index (χ0n) is 30.7. The maximum atomic E-state index is 12.5. The third kappa shape index (κ3) is 34.4. The highest BCUT2D eigenvalue weighted by Crippen LogP contribution is 2.43. The number of carbonyl (C=O) groups is 2. The average Bonchev–Trinajstić information content (AvgIpc) is 3.07. The van der Waals surface area contributed by atoms with Crippen LogP contribution in [-0.4, -0.2) is 49.3 Å². The number of ether oxygens (including phenoxy) is 2. The van der Waals surface area contributed by atoms with Crippen LogP contribution in [0.4, 0.5) is 0 Å². The predicted molar refractivity (Wildman–Crippen MR) is 197 cm³/mol. The fraction of sp³-hybridized carbons (Fsp3) is 0.842. The first-order valence-corrected chi connectivity index (χ1v) is 20.8. The van der Waals surface area contributed by atoms with Crippen LogP contribution in [0.5, 0.6) is 0 Å². The first-order chi connectivity index (χ1) is 23.3. The molecular formula is C38H72NO8P. The minimum atomic E-state index is -4.37. The van der Waals surface area contributed by atoms with E-state index in [-0.39, 0.29) is 32.6 Å². The topological polar surface area (TPSA) is 134 Å². The fourth-order valence-corrected chi connectivity index (χ4v) is 5.92. The number of esters is 2. The lowest BCUT2D eigenvalue weighted by atomic mass is 10.1. The molecule has 0 aromatic rings. The lowest BCUT2D eigenvalue weighted by Gasteiger charge is -2.19. The Balaban J connectivity index is 4.23. The van der Waals surface area contributed by atoms with Crippen LogP contribution in [0.25, 0.3) is 0 Å². The van der Waals surface area contributed by atoms with Gasteiger partial charge in [0.25, 0.3) is 0 Å². The molecule has 1 unspecified atom stereocenters. The Morgan fingerprint density at radius 2 is 1.02 bits per heavy atom. The van der Waals surface area contributed by atoms with Crippen molar-refractivity contribution in [3.8, 4) is 0 Å². The Morgan fingerprint density at radius 1 is 0.604 bits per heavy atom. The molecule has 0 fully saturated rings. The molecule has 0 aromatic carbocycles. The summed E-state index contributed by atoms with van der Waals surface area (Å²) in [5.74, 6) is -0.849. The second kappa shape index (κ2) is 35.3. The second-order valence-corrected chi connectivity index (χ2v) is 14.2. The van der Waals surface area contributed by atoms with Gasteiger partial charge in [0.2, 0.25) is 0 Å². The lowest BCUT2D eigenvalue weighted by molar-refractivity contribution is -0.161. The van der Waals surface area contributed by atoms with E-state index in [2.05, 4.69) is 38.2 Å². The number of phosphoric acid groups is 1. The number of unbranched alkanes of at least 4 members (excludes halogenated alkanes) is 19. The minimum Gasteiger partial charge on any atom is -0.462 e. The molecule has 0 aliphatic carbocycles. The van der Waals surface area contributed by atoms with Crippen molar-refractivity contribution in [1.82, 2.24) is 0 Å². The average molecular weight is 702 g/mol. The molecule has 0 aromatic heterocycles. The molecule has 10 heteroatoms. The molecule has 0 aliphatic rings. The molecule has 282 valence electrons.